The van der Waals surface area contributed by atoms with Crippen LogP contribution in [0.4, 0.5) is 0 Å². The molecular formula is C25H30N2O11S. The lowest BCUT2D eigenvalue weighted by Crippen LogP contribution is -2.66. The second-order valence-electron chi connectivity index (χ2n) is 8.79. The number of benzene rings is 1. The van der Waals surface area contributed by atoms with Gasteiger partial charge in [0, 0.05) is 40.7 Å². The van der Waals surface area contributed by atoms with E-state index in [-0.39, 0.29) is 12.0 Å². The fourth-order valence-corrected chi connectivity index (χ4v) is 5.16. The predicted molar refractivity (Wildman–Crippen MR) is 135 cm³/mol. The zero-order chi connectivity index (χ0) is 28.7. The maximum absolute atomic E-state index is 12.9. The van der Waals surface area contributed by atoms with Crippen molar-refractivity contribution in [1.29, 1.82) is 0 Å². The minimum absolute atomic E-state index is 0.0203. The standard InChI is InChI=1S/C25H30N2O11S/c1-13(28)34-12-18-21(35-14(2)29)22(36-15(3)30)23(37-16(4)31)24(38-18)26-20(32)10-7-11-27-25(33)17-8-5-6-9-19(17)39-27/h5-6,8-9,18,21-24H,7,10-12H2,1-4H3,(H,26,32). The fraction of sp³-hybridized carbons (Fsp3) is 0.520. The summed E-state index contributed by atoms with van der Waals surface area (Å²) in [6, 6.07) is 7.20. The molecule has 2 aromatic rings. The molecule has 0 spiro atoms. The summed E-state index contributed by atoms with van der Waals surface area (Å²) in [6.45, 7) is 4.39. The largest absolute Gasteiger partial charge is 0.463 e. The summed E-state index contributed by atoms with van der Waals surface area (Å²) in [5.41, 5.74) is -0.143. The molecule has 0 bridgehead atoms. The molecule has 1 amide bonds. The molecule has 1 saturated heterocycles. The molecule has 5 atom stereocenters. The SMILES string of the molecule is CC(=O)OCC1OC(NC(=O)CCCn2sc3ccccc3c2=O)C(OC(C)=O)C(OC(C)=O)C1OC(C)=O. The first-order valence-corrected chi connectivity index (χ1v) is 12.9. The molecule has 1 N–H and O–H groups in total. The Morgan fingerprint density at radius 2 is 1.51 bits per heavy atom. The molecule has 3 rings (SSSR count). The summed E-state index contributed by atoms with van der Waals surface area (Å²) in [5, 5.41) is 3.20. The first-order chi connectivity index (χ1) is 18.5. The first-order valence-electron chi connectivity index (χ1n) is 12.1. The van der Waals surface area contributed by atoms with Gasteiger partial charge in [-0.15, -0.1) is 0 Å². The van der Waals surface area contributed by atoms with Crippen molar-refractivity contribution in [3.63, 3.8) is 0 Å². The second kappa shape index (κ2) is 13.3. The highest BCUT2D eigenvalue weighted by molar-refractivity contribution is 7.13. The van der Waals surface area contributed by atoms with Gasteiger partial charge in [-0.25, -0.2) is 0 Å². The molecule has 5 unspecified atom stereocenters. The molecule has 39 heavy (non-hydrogen) atoms. The molecule has 1 aliphatic rings. The summed E-state index contributed by atoms with van der Waals surface area (Å²) >= 11 is 1.30. The van der Waals surface area contributed by atoms with Gasteiger partial charge < -0.3 is 29.0 Å². The van der Waals surface area contributed by atoms with E-state index in [2.05, 4.69) is 5.32 Å². The third kappa shape index (κ3) is 8.10. The third-order valence-electron chi connectivity index (χ3n) is 5.61. The smallest absolute Gasteiger partial charge is 0.303 e. The first kappa shape index (κ1) is 29.8. The number of hydrogen-bond donors (Lipinski definition) is 1. The van der Waals surface area contributed by atoms with E-state index in [1.54, 1.807) is 16.1 Å². The van der Waals surface area contributed by atoms with Crippen molar-refractivity contribution in [3.05, 3.63) is 34.6 Å². The van der Waals surface area contributed by atoms with Crippen LogP contribution in [-0.2, 0) is 54.2 Å². The van der Waals surface area contributed by atoms with Gasteiger partial charge >= 0.3 is 23.9 Å². The molecule has 0 aliphatic carbocycles. The molecule has 14 heteroatoms. The summed E-state index contributed by atoms with van der Waals surface area (Å²) in [5.74, 6) is -3.46. The van der Waals surface area contributed by atoms with Crippen LogP contribution in [-0.4, -0.2) is 71.0 Å². The van der Waals surface area contributed by atoms with Crippen molar-refractivity contribution in [1.82, 2.24) is 9.27 Å². The van der Waals surface area contributed by atoms with Crippen molar-refractivity contribution in [2.45, 2.75) is 77.7 Å². The van der Waals surface area contributed by atoms with Crippen molar-refractivity contribution in [3.8, 4) is 0 Å². The highest BCUT2D eigenvalue weighted by Crippen LogP contribution is 2.28. The Bertz CT molecular complexity index is 1290. The lowest BCUT2D eigenvalue weighted by Gasteiger charge is -2.44. The van der Waals surface area contributed by atoms with Gasteiger partial charge in [-0.1, -0.05) is 23.7 Å². The van der Waals surface area contributed by atoms with E-state index in [4.69, 9.17) is 23.7 Å². The van der Waals surface area contributed by atoms with Crippen molar-refractivity contribution in [2.24, 2.45) is 0 Å². The van der Waals surface area contributed by atoms with Crippen LogP contribution in [0.25, 0.3) is 10.1 Å². The second-order valence-corrected chi connectivity index (χ2v) is 9.85. The molecule has 1 fully saturated rings. The van der Waals surface area contributed by atoms with Crippen LogP contribution in [0.1, 0.15) is 40.5 Å². The van der Waals surface area contributed by atoms with E-state index in [1.165, 1.54) is 11.5 Å². The number of fused-ring (bicyclic) bond motifs is 1. The average molecular weight is 567 g/mol. The number of nitrogens with zero attached hydrogens (tertiary/aromatic N) is 1. The van der Waals surface area contributed by atoms with Gasteiger partial charge in [-0.3, -0.25) is 32.7 Å². The Kier molecular flexibility index (Phi) is 10.2. The number of aromatic nitrogens is 1. The number of rotatable bonds is 10. The van der Waals surface area contributed by atoms with Crippen LogP contribution >= 0.6 is 11.5 Å². The van der Waals surface area contributed by atoms with Crippen LogP contribution < -0.4 is 10.9 Å². The molecule has 13 nitrogen and oxygen atoms in total. The van der Waals surface area contributed by atoms with E-state index >= 15 is 0 Å². The van der Waals surface area contributed by atoms with Crippen LogP contribution in [0.3, 0.4) is 0 Å². The Labute approximate surface area is 227 Å². The van der Waals surface area contributed by atoms with E-state index in [1.807, 2.05) is 12.1 Å². The normalized spacial score (nSPS) is 22.5. The number of amides is 1. The van der Waals surface area contributed by atoms with E-state index in [0.29, 0.717) is 18.4 Å². The van der Waals surface area contributed by atoms with Gasteiger partial charge in [0.25, 0.3) is 5.56 Å². The number of carbonyl (C=O) groups is 5. The lowest BCUT2D eigenvalue weighted by atomic mass is 9.97. The summed E-state index contributed by atoms with van der Waals surface area (Å²) < 4.78 is 29.3. The monoisotopic (exact) mass is 566 g/mol. The van der Waals surface area contributed by atoms with Gasteiger partial charge in [-0.05, 0) is 18.6 Å². The number of nitrogens with one attached hydrogen (secondary N) is 1. The van der Waals surface area contributed by atoms with E-state index in [9.17, 15) is 28.8 Å². The third-order valence-corrected chi connectivity index (χ3v) is 6.73. The minimum Gasteiger partial charge on any atom is -0.463 e. The van der Waals surface area contributed by atoms with E-state index < -0.39 is 67.0 Å². The maximum atomic E-state index is 12.9. The maximum Gasteiger partial charge on any atom is 0.303 e. The van der Waals surface area contributed by atoms with Crippen molar-refractivity contribution in [2.75, 3.05) is 6.61 Å². The Morgan fingerprint density at radius 1 is 0.897 bits per heavy atom. The van der Waals surface area contributed by atoms with Gasteiger partial charge in [0.2, 0.25) is 5.91 Å². The number of ether oxygens (including phenoxy) is 5. The summed E-state index contributed by atoms with van der Waals surface area (Å²) in [6.07, 6.45) is -6.31. The zero-order valence-electron chi connectivity index (χ0n) is 21.9. The molecule has 212 valence electrons. The van der Waals surface area contributed by atoms with Crippen LogP contribution in [0.15, 0.2) is 29.1 Å². The minimum atomic E-state index is -1.39. The number of hydrogen-bond acceptors (Lipinski definition) is 12. The van der Waals surface area contributed by atoms with Gasteiger partial charge in [0.05, 0.1) is 10.1 Å². The Morgan fingerprint density at radius 3 is 2.13 bits per heavy atom. The number of carbonyl (C=O) groups excluding carboxylic acids is 5. The van der Waals surface area contributed by atoms with Crippen molar-refractivity contribution < 1.29 is 47.7 Å². The summed E-state index contributed by atoms with van der Waals surface area (Å²) in [4.78, 5) is 72.4. The Balaban J connectivity index is 1.77. The summed E-state index contributed by atoms with van der Waals surface area (Å²) in [7, 11) is 0. The predicted octanol–water partition coefficient (Wildman–Crippen LogP) is 1.04. The molecule has 0 radical (unpaired) electrons. The topological polar surface area (TPSA) is 166 Å². The lowest BCUT2D eigenvalue weighted by molar-refractivity contribution is -0.257. The highest BCUT2D eigenvalue weighted by atomic mass is 32.1. The molecule has 1 aromatic carbocycles. The molecular weight excluding hydrogens is 536 g/mol. The van der Waals surface area contributed by atoms with Crippen LogP contribution in [0.2, 0.25) is 0 Å². The van der Waals surface area contributed by atoms with Gasteiger partial charge in [0.15, 0.2) is 24.5 Å². The Hall–Kier alpha value is -3.78. The molecule has 2 heterocycles. The highest BCUT2D eigenvalue weighted by Gasteiger charge is 2.52. The molecule has 1 aliphatic heterocycles. The average Bonchev–Trinajstić information content (AvgIpc) is 3.16. The number of esters is 4. The zero-order valence-corrected chi connectivity index (χ0v) is 22.7. The molecule has 1 aromatic heterocycles. The van der Waals surface area contributed by atoms with Crippen LogP contribution in [0.5, 0.6) is 0 Å². The fourth-order valence-electron chi connectivity index (χ4n) is 4.12. The van der Waals surface area contributed by atoms with Gasteiger partial charge in [0.1, 0.15) is 12.7 Å². The van der Waals surface area contributed by atoms with Crippen molar-refractivity contribution >= 4 is 51.4 Å². The quantitative estimate of drug-likeness (QED) is 0.323. The number of aryl methyl sites for hydroxylation is 1. The molecule has 0 saturated carbocycles. The van der Waals surface area contributed by atoms with Gasteiger partial charge in [-0.2, -0.15) is 0 Å². The van der Waals surface area contributed by atoms with E-state index in [0.717, 1.165) is 32.4 Å². The van der Waals surface area contributed by atoms with Crippen LogP contribution in [0, 0.1) is 0 Å².